The van der Waals surface area contributed by atoms with Gasteiger partial charge in [0.15, 0.2) is 17.3 Å². The van der Waals surface area contributed by atoms with Gasteiger partial charge in [0.25, 0.3) is 0 Å². The van der Waals surface area contributed by atoms with Crippen molar-refractivity contribution in [2.45, 2.75) is 6.42 Å². The quantitative estimate of drug-likeness (QED) is 0.833. The van der Waals surface area contributed by atoms with E-state index in [9.17, 15) is 4.79 Å². The number of aromatic amines is 1. The van der Waals surface area contributed by atoms with E-state index in [1.807, 2.05) is 0 Å². The molecule has 1 aliphatic heterocycles. The van der Waals surface area contributed by atoms with Gasteiger partial charge in [-0.1, -0.05) is 0 Å². The molecule has 1 aromatic carbocycles. The number of nitrogens with one attached hydrogen (secondary N) is 1. The molecule has 92 valence electrons. The van der Waals surface area contributed by atoms with Gasteiger partial charge in [-0.05, 0) is 18.2 Å². The van der Waals surface area contributed by atoms with Crippen LogP contribution < -0.4 is 9.47 Å². The Morgan fingerprint density at radius 3 is 2.89 bits per heavy atom. The third kappa shape index (κ3) is 2.07. The summed E-state index contributed by atoms with van der Waals surface area (Å²) in [6, 6.07) is 5.24. The van der Waals surface area contributed by atoms with Gasteiger partial charge in [0.1, 0.15) is 19.0 Å². The highest BCUT2D eigenvalue weighted by atomic mass is 16.6. The summed E-state index contributed by atoms with van der Waals surface area (Å²) in [6.45, 7) is 1.06. The minimum absolute atomic E-state index is 0.00178. The highest BCUT2D eigenvalue weighted by molar-refractivity contribution is 5.97. The number of Topliss-reactive ketones (excluding diaryl/α,β-unsaturated/α-hetero) is 1. The molecular weight excluding hydrogens is 232 g/mol. The lowest BCUT2D eigenvalue weighted by molar-refractivity contribution is 0.0989. The molecule has 18 heavy (non-hydrogen) atoms. The Balaban J connectivity index is 1.81. The minimum Gasteiger partial charge on any atom is -0.486 e. The summed E-state index contributed by atoms with van der Waals surface area (Å²) in [5, 5.41) is 0. The topological polar surface area (TPSA) is 64.2 Å². The SMILES string of the molecule is O=C(Cc1ncc[nH]1)c1ccc2c(c1)OCCO2. The molecule has 0 amide bonds. The van der Waals surface area contributed by atoms with Crippen molar-refractivity contribution in [2.75, 3.05) is 13.2 Å². The maximum absolute atomic E-state index is 12.0. The van der Waals surface area contributed by atoms with E-state index in [0.717, 1.165) is 0 Å². The summed E-state index contributed by atoms with van der Waals surface area (Å²) < 4.78 is 10.9. The van der Waals surface area contributed by atoms with Crippen LogP contribution in [0.3, 0.4) is 0 Å². The maximum Gasteiger partial charge on any atom is 0.170 e. The molecule has 0 saturated heterocycles. The van der Waals surface area contributed by atoms with Crippen LogP contribution in [0, 0.1) is 0 Å². The van der Waals surface area contributed by atoms with Crippen molar-refractivity contribution in [2.24, 2.45) is 0 Å². The fraction of sp³-hybridized carbons (Fsp3) is 0.231. The number of hydrogen-bond acceptors (Lipinski definition) is 4. The van der Waals surface area contributed by atoms with E-state index in [1.54, 1.807) is 30.6 Å². The molecule has 1 aliphatic rings. The molecule has 5 heteroatoms. The number of ether oxygens (including phenoxy) is 2. The van der Waals surface area contributed by atoms with E-state index in [2.05, 4.69) is 9.97 Å². The second kappa shape index (κ2) is 4.52. The first-order valence-electron chi connectivity index (χ1n) is 5.74. The average molecular weight is 244 g/mol. The predicted octanol–water partition coefficient (Wildman–Crippen LogP) is 1.61. The fourth-order valence-electron chi connectivity index (χ4n) is 1.87. The number of aromatic nitrogens is 2. The Hall–Kier alpha value is -2.30. The molecule has 1 aromatic heterocycles. The van der Waals surface area contributed by atoms with Crippen LogP contribution in [0.1, 0.15) is 16.2 Å². The number of imidazole rings is 1. The smallest absolute Gasteiger partial charge is 0.170 e. The molecule has 3 rings (SSSR count). The number of H-pyrrole nitrogens is 1. The highest BCUT2D eigenvalue weighted by Gasteiger charge is 2.15. The van der Waals surface area contributed by atoms with Crippen molar-refractivity contribution in [3.05, 3.63) is 42.0 Å². The van der Waals surface area contributed by atoms with Gasteiger partial charge >= 0.3 is 0 Å². The average Bonchev–Trinajstić information content (AvgIpc) is 2.91. The van der Waals surface area contributed by atoms with Gasteiger partial charge in [-0.25, -0.2) is 4.98 Å². The number of carbonyl (C=O) groups excluding carboxylic acids is 1. The van der Waals surface area contributed by atoms with Crippen molar-refractivity contribution in [1.29, 1.82) is 0 Å². The van der Waals surface area contributed by atoms with Gasteiger partial charge in [0.2, 0.25) is 0 Å². The third-order valence-electron chi connectivity index (χ3n) is 2.75. The molecule has 0 spiro atoms. The van der Waals surface area contributed by atoms with E-state index >= 15 is 0 Å². The van der Waals surface area contributed by atoms with Gasteiger partial charge in [0.05, 0.1) is 6.42 Å². The Kier molecular flexibility index (Phi) is 2.72. The van der Waals surface area contributed by atoms with E-state index in [-0.39, 0.29) is 12.2 Å². The van der Waals surface area contributed by atoms with Crippen molar-refractivity contribution in [3.63, 3.8) is 0 Å². The van der Waals surface area contributed by atoms with Crippen LogP contribution in [0.5, 0.6) is 11.5 Å². The summed E-state index contributed by atoms with van der Waals surface area (Å²) in [5.41, 5.74) is 0.607. The molecule has 1 N–H and O–H groups in total. The lowest BCUT2D eigenvalue weighted by Gasteiger charge is -2.18. The zero-order valence-electron chi connectivity index (χ0n) is 9.68. The summed E-state index contributed by atoms with van der Waals surface area (Å²) >= 11 is 0. The van der Waals surface area contributed by atoms with E-state index < -0.39 is 0 Å². The minimum atomic E-state index is 0.00178. The number of carbonyl (C=O) groups is 1. The molecule has 2 heterocycles. The zero-order chi connectivity index (χ0) is 12.4. The second-order valence-corrected chi connectivity index (χ2v) is 3.99. The molecule has 0 fully saturated rings. The second-order valence-electron chi connectivity index (χ2n) is 3.99. The van der Waals surface area contributed by atoms with Gasteiger partial charge in [-0.2, -0.15) is 0 Å². The Labute approximate surface area is 104 Å². The molecule has 0 radical (unpaired) electrons. The van der Waals surface area contributed by atoms with Crippen molar-refractivity contribution >= 4 is 5.78 Å². The fourth-order valence-corrected chi connectivity index (χ4v) is 1.87. The summed E-state index contributed by atoms with van der Waals surface area (Å²) in [4.78, 5) is 19.0. The lowest BCUT2D eigenvalue weighted by Crippen LogP contribution is -2.16. The van der Waals surface area contributed by atoms with Crippen molar-refractivity contribution in [3.8, 4) is 11.5 Å². The first-order valence-corrected chi connectivity index (χ1v) is 5.74. The molecule has 0 atom stereocenters. The Bertz CT molecular complexity index is 564. The highest BCUT2D eigenvalue weighted by Crippen LogP contribution is 2.30. The molecule has 0 saturated carbocycles. The number of rotatable bonds is 3. The van der Waals surface area contributed by atoms with Crippen molar-refractivity contribution < 1.29 is 14.3 Å². The van der Waals surface area contributed by atoms with Gasteiger partial charge < -0.3 is 14.5 Å². The van der Waals surface area contributed by atoms with Gasteiger partial charge in [0, 0.05) is 18.0 Å². The van der Waals surface area contributed by atoms with E-state index in [0.29, 0.717) is 36.1 Å². The number of nitrogens with zero attached hydrogens (tertiary/aromatic N) is 1. The van der Waals surface area contributed by atoms with Crippen LogP contribution in [0.15, 0.2) is 30.6 Å². The molecule has 0 aliphatic carbocycles. The molecule has 2 aromatic rings. The van der Waals surface area contributed by atoms with Crippen LogP contribution in [-0.4, -0.2) is 29.0 Å². The van der Waals surface area contributed by atoms with Crippen LogP contribution in [0.25, 0.3) is 0 Å². The zero-order valence-corrected chi connectivity index (χ0v) is 9.68. The lowest BCUT2D eigenvalue weighted by atomic mass is 10.1. The number of ketones is 1. The normalized spacial score (nSPS) is 13.3. The van der Waals surface area contributed by atoms with Crippen molar-refractivity contribution in [1.82, 2.24) is 9.97 Å². The monoisotopic (exact) mass is 244 g/mol. The Morgan fingerprint density at radius 1 is 1.28 bits per heavy atom. The van der Waals surface area contributed by atoms with Gasteiger partial charge in [-0.15, -0.1) is 0 Å². The van der Waals surface area contributed by atoms with Gasteiger partial charge in [-0.3, -0.25) is 4.79 Å². The third-order valence-corrected chi connectivity index (χ3v) is 2.75. The largest absolute Gasteiger partial charge is 0.486 e. The number of fused-ring (bicyclic) bond motifs is 1. The van der Waals surface area contributed by atoms with Crippen LogP contribution >= 0.6 is 0 Å². The first kappa shape index (κ1) is 10.8. The first-order chi connectivity index (χ1) is 8.83. The number of hydrogen-bond donors (Lipinski definition) is 1. The standard InChI is InChI=1S/C13H12N2O3/c16-10(8-13-14-3-4-15-13)9-1-2-11-12(7-9)18-6-5-17-11/h1-4,7H,5-6,8H2,(H,14,15). The molecular formula is C13H12N2O3. The maximum atomic E-state index is 12.0. The molecule has 0 unspecified atom stereocenters. The molecule has 0 bridgehead atoms. The van der Waals surface area contributed by atoms with Crippen LogP contribution in [-0.2, 0) is 6.42 Å². The Morgan fingerprint density at radius 2 is 2.11 bits per heavy atom. The van der Waals surface area contributed by atoms with E-state index in [4.69, 9.17) is 9.47 Å². The predicted molar refractivity (Wildman–Crippen MR) is 64.1 cm³/mol. The summed E-state index contributed by atoms with van der Waals surface area (Å²) in [5.74, 6) is 1.99. The summed E-state index contributed by atoms with van der Waals surface area (Å²) in [7, 11) is 0. The van der Waals surface area contributed by atoms with E-state index in [1.165, 1.54) is 0 Å². The summed E-state index contributed by atoms with van der Waals surface area (Å²) in [6.07, 6.45) is 3.59. The molecule has 5 nitrogen and oxygen atoms in total. The van der Waals surface area contributed by atoms with Crippen LogP contribution in [0.2, 0.25) is 0 Å². The number of benzene rings is 1. The van der Waals surface area contributed by atoms with Crippen LogP contribution in [0.4, 0.5) is 0 Å².